The van der Waals surface area contributed by atoms with Crippen molar-refractivity contribution in [1.29, 1.82) is 0 Å². The van der Waals surface area contributed by atoms with E-state index in [-0.39, 0.29) is 17.1 Å². The van der Waals surface area contributed by atoms with E-state index in [1.54, 1.807) is 6.07 Å². The van der Waals surface area contributed by atoms with Gasteiger partial charge in [-0.15, -0.1) is 0 Å². The number of hydrogen-bond acceptors (Lipinski definition) is 3. The number of urea groups is 1. The quantitative estimate of drug-likeness (QED) is 0.543. The molecule has 0 fully saturated rings. The first kappa shape index (κ1) is 14.4. The molecule has 1 rings (SSSR count). The maximum atomic E-state index is 11.6. The molecule has 94 valence electrons. The van der Waals surface area contributed by atoms with E-state index in [1.165, 1.54) is 6.20 Å². The minimum atomic E-state index is -0.324. The Morgan fingerprint density at radius 1 is 1.67 bits per heavy atom. The Bertz CT molecular complexity index is 466. The SMILES string of the molecule is [B]c1cnc(NC(=O)NC(C)CC)cc1C(N)=S. The largest absolute Gasteiger partial charge is 0.389 e. The van der Waals surface area contributed by atoms with Gasteiger partial charge in [-0.2, -0.15) is 0 Å². The van der Waals surface area contributed by atoms with Crippen LogP contribution in [0, 0.1) is 0 Å². The van der Waals surface area contributed by atoms with Crippen LogP contribution in [0.2, 0.25) is 0 Å². The van der Waals surface area contributed by atoms with Gasteiger partial charge < -0.3 is 11.1 Å². The zero-order chi connectivity index (χ0) is 13.7. The second kappa shape index (κ2) is 6.35. The van der Waals surface area contributed by atoms with E-state index in [2.05, 4.69) is 15.6 Å². The van der Waals surface area contributed by atoms with Crippen molar-refractivity contribution in [2.24, 2.45) is 5.73 Å². The van der Waals surface area contributed by atoms with Crippen LogP contribution in [-0.4, -0.2) is 29.9 Å². The first-order chi connectivity index (χ1) is 8.43. The number of aromatic nitrogens is 1. The Labute approximate surface area is 113 Å². The highest BCUT2D eigenvalue weighted by Gasteiger charge is 2.08. The standard InChI is InChI=1S/C11H15BN4OS/c1-3-6(2)15-11(17)16-9-4-7(10(13)18)8(12)5-14-9/h4-6H,3H2,1-2H3,(H2,13,18)(H2,14,15,16,17). The Morgan fingerprint density at radius 3 is 2.89 bits per heavy atom. The van der Waals surface area contributed by atoms with E-state index in [9.17, 15) is 4.79 Å². The molecule has 1 aromatic rings. The molecule has 0 spiro atoms. The van der Waals surface area contributed by atoms with E-state index in [1.807, 2.05) is 13.8 Å². The van der Waals surface area contributed by atoms with Crippen LogP contribution < -0.4 is 21.8 Å². The molecule has 2 radical (unpaired) electrons. The van der Waals surface area contributed by atoms with E-state index in [4.69, 9.17) is 25.8 Å². The van der Waals surface area contributed by atoms with Crippen molar-refractivity contribution in [1.82, 2.24) is 10.3 Å². The Hall–Kier alpha value is -1.63. The number of carbonyl (C=O) groups excluding carboxylic acids is 1. The summed E-state index contributed by atoms with van der Waals surface area (Å²) in [7, 11) is 5.67. The molecule has 1 heterocycles. The summed E-state index contributed by atoms with van der Waals surface area (Å²) in [5.41, 5.74) is 6.40. The fourth-order valence-corrected chi connectivity index (χ4v) is 1.40. The zero-order valence-electron chi connectivity index (χ0n) is 10.4. The molecule has 0 aliphatic carbocycles. The molecule has 0 saturated carbocycles. The van der Waals surface area contributed by atoms with Crippen LogP contribution in [0.25, 0.3) is 0 Å². The lowest BCUT2D eigenvalue weighted by atomic mass is 9.93. The highest BCUT2D eigenvalue weighted by molar-refractivity contribution is 7.80. The van der Waals surface area contributed by atoms with Gasteiger partial charge in [0.15, 0.2) is 0 Å². The summed E-state index contributed by atoms with van der Waals surface area (Å²) in [6.45, 7) is 3.90. The number of rotatable bonds is 4. The highest BCUT2D eigenvalue weighted by Crippen LogP contribution is 2.04. The first-order valence-corrected chi connectivity index (χ1v) is 5.97. The van der Waals surface area contributed by atoms with Crippen LogP contribution in [0.4, 0.5) is 10.6 Å². The molecule has 2 amide bonds. The molecule has 0 bridgehead atoms. The van der Waals surface area contributed by atoms with Crippen LogP contribution in [0.1, 0.15) is 25.8 Å². The number of amides is 2. The number of nitrogens with zero attached hydrogens (tertiary/aromatic N) is 1. The van der Waals surface area contributed by atoms with Gasteiger partial charge in [-0.05, 0) is 19.4 Å². The average Bonchev–Trinajstić information content (AvgIpc) is 2.31. The predicted molar refractivity (Wildman–Crippen MR) is 77.4 cm³/mol. The van der Waals surface area contributed by atoms with Gasteiger partial charge in [0.25, 0.3) is 0 Å². The number of pyridine rings is 1. The van der Waals surface area contributed by atoms with Gasteiger partial charge in [0, 0.05) is 17.8 Å². The molecule has 1 aromatic heterocycles. The van der Waals surface area contributed by atoms with Gasteiger partial charge in [0.2, 0.25) is 0 Å². The van der Waals surface area contributed by atoms with Gasteiger partial charge in [-0.3, -0.25) is 5.32 Å². The number of thiocarbonyl (C=S) groups is 1. The number of nitrogens with two attached hydrogens (primary N) is 1. The van der Waals surface area contributed by atoms with Gasteiger partial charge in [-0.1, -0.05) is 24.6 Å². The summed E-state index contributed by atoms with van der Waals surface area (Å²) in [5.74, 6) is 0.354. The molecule has 4 N–H and O–H groups in total. The number of anilines is 1. The van der Waals surface area contributed by atoms with Crippen LogP contribution in [-0.2, 0) is 0 Å². The molecule has 1 atom stereocenters. The van der Waals surface area contributed by atoms with Crippen molar-refractivity contribution in [3.63, 3.8) is 0 Å². The summed E-state index contributed by atoms with van der Waals surface area (Å²) >= 11 is 4.85. The van der Waals surface area contributed by atoms with Gasteiger partial charge in [-0.25, -0.2) is 9.78 Å². The smallest absolute Gasteiger partial charge is 0.320 e. The predicted octanol–water partition coefficient (Wildman–Crippen LogP) is 0.430. The molecule has 0 aromatic carbocycles. The third kappa shape index (κ3) is 3.99. The summed E-state index contributed by atoms with van der Waals surface area (Å²) in [5, 5.41) is 5.35. The third-order valence-electron chi connectivity index (χ3n) is 2.43. The molecule has 0 aliphatic heterocycles. The van der Waals surface area contributed by atoms with E-state index in [0.29, 0.717) is 16.8 Å². The number of nitrogens with one attached hydrogen (secondary N) is 2. The Morgan fingerprint density at radius 2 is 2.33 bits per heavy atom. The van der Waals surface area contributed by atoms with Crippen LogP contribution in [0.5, 0.6) is 0 Å². The van der Waals surface area contributed by atoms with Crippen molar-refractivity contribution in [2.45, 2.75) is 26.3 Å². The summed E-state index contributed by atoms with van der Waals surface area (Å²) in [6, 6.07) is 1.32. The van der Waals surface area contributed by atoms with E-state index < -0.39 is 0 Å². The maximum Gasteiger partial charge on any atom is 0.320 e. The average molecular weight is 262 g/mol. The lowest BCUT2D eigenvalue weighted by Crippen LogP contribution is -2.36. The maximum absolute atomic E-state index is 11.6. The first-order valence-electron chi connectivity index (χ1n) is 5.56. The lowest BCUT2D eigenvalue weighted by Gasteiger charge is -2.13. The fourth-order valence-electron chi connectivity index (χ4n) is 1.23. The minimum Gasteiger partial charge on any atom is -0.389 e. The van der Waals surface area contributed by atoms with Crippen molar-refractivity contribution in [3.8, 4) is 0 Å². The van der Waals surface area contributed by atoms with Crippen LogP contribution in [0.3, 0.4) is 0 Å². The fraction of sp³-hybridized carbons (Fsp3) is 0.364. The minimum absolute atomic E-state index is 0.0915. The third-order valence-corrected chi connectivity index (χ3v) is 2.65. The second-order valence-electron chi connectivity index (χ2n) is 3.93. The molecule has 7 heteroatoms. The van der Waals surface area contributed by atoms with E-state index in [0.717, 1.165) is 6.42 Å². The Kier molecular flexibility index (Phi) is 5.09. The normalized spacial score (nSPS) is 11.7. The molecule has 1 unspecified atom stereocenters. The van der Waals surface area contributed by atoms with Crippen LogP contribution >= 0.6 is 12.2 Å². The Balaban J connectivity index is 2.76. The monoisotopic (exact) mass is 262 g/mol. The summed E-state index contributed by atoms with van der Waals surface area (Å²) in [4.78, 5) is 15.7. The molecular formula is C11H15BN4OS. The topological polar surface area (TPSA) is 80.0 Å². The summed E-state index contributed by atoms with van der Waals surface area (Å²) < 4.78 is 0. The van der Waals surface area contributed by atoms with E-state index >= 15 is 0 Å². The van der Waals surface area contributed by atoms with Crippen molar-refractivity contribution in [2.75, 3.05) is 5.32 Å². The van der Waals surface area contributed by atoms with Crippen molar-refractivity contribution >= 4 is 42.4 Å². The second-order valence-corrected chi connectivity index (χ2v) is 4.37. The van der Waals surface area contributed by atoms with Crippen molar-refractivity contribution in [3.05, 3.63) is 17.8 Å². The molecule has 0 aliphatic rings. The molecule has 0 saturated heterocycles. The molecular weight excluding hydrogens is 247 g/mol. The molecule has 5 nitrogen and oxygen atoms in total. The zero-order valence-corrected chi connectivity index (χ0v) is 11.2. The number of carbonyl (C=O) groups is 1. The van der Waals surface area contributed by atoms with Gasteiger partial charge in [0.1, 0.15) is 18.7 Å². The molecule has 18 heavy (non-hydrogen) atoms. The number of hydrogen-bond donors (Lipinski definition) is 3. The van der Waals surface area contributed by atoms with Crippen LogP contribution in [0.15, 0.2) is 12.3 Å². The summed E-state index contributed by atoms with van der Waals surface area (Å²) in [6.07, 6.45) is 2.26. The van der Waals surface area contributed by atoms with Gasteiger partial charge in [0.05, 0.1) is 0 Å². The van der Waals surface area contributed by atoms with Gasteiger partial charge >= 0.3 is 6.03 Å². The lowest BCUT2D eigenvalue weighted by molar-refractivity contribution is 0.249. The van der Waals surface area contributed by atoms with Crippen molar-refractivity contribution < 1.29 is 4.79 Å². The highest BCUT2D eigenvalue weighted by atomic mass is 32.1.